The van der Waals surface area contributed by atoms with Crippen LogP contribution in [0.1, 0.15) is 135 Å². The molecule has 3 heteroatoms. The maximum Gasteiger partial charge on any atom is 0.303 e. The molecule has 0 radical (unpaired) electrons. The summed E-state index contributed by atoms with van der Waals surface area (Å²) in [5, 5.41) is 8.58. The molecule has 1 aliphatic rings. The summed E-state index contributed by atoms with van der Waals surface area (Å²) in [5.41, 5.74) is 0. The molecule has 1 saturated carbocycles. The molecule has 0 aromatic rings. The van der Waals surface area contributed by atoms with Crippen LogP contribution >= 0.6 is 11.6 Å². The Morgan fingerprint density at radius 3 is 1.46 bits per heavy atom. The van der Waals surface area contributed by atoms with Crippen molar-refractivity contribution < 1.29 is 9.90 Å². The molecule has 0 aromatic carbocycles. The Kier molecular flexibility index (Phi) is 14.4. The second-order valence-corrected chi connectivity index (χ2v) is 9.36. The quantitative estimate of drug-likeness (QED) is 0.202. The second kappa shape index (κ2) is 15.8. The fraction of sp³-hybridized carbons (Fsp3) is 0.957. The first kappa shape index (κ1) is 23.8. The lowest BCUT2D eigenvalue weighted by Crippen LogP contribution is -2.24. The van der Waals surface area contributed by atoms with Crippen molar-refractivity contribution in [2.24, 2.45) is 0 Å². The van der Waals surface area contributed by atoms with Crippen LogP contribution in [-0.4, -0.2) is 16.0 Å². The first-order chi connectivity index (χ1) is 12.6. The number of hydrogen-bond acceptors (Lipinski definition) is 1. The van der Waals surface area contributed by atoms with Crippen LogP contribution in [0.5, 0.6) is 0 Å². The van der Waals surface area contributed by atoms with Crippen molar-refractivity contribution in [3.8, 4) is 0 Å². The standard InChI is InChI=1S/C23H43ClO2/c24-23(20-16-13-17-21-23)19-15-12-10-8-6-4-2-1-3-5-7-9-11-14-18-22(25)26/h1-21H2,(H,25,26). The van der Waals surface area contributed by atoms with Crippen LogP contribution in [0.15, 0.2) is 0 Å². The van der Waals surface area contributed by atoms with Crippen molar-refractivity contribution in [3.63, 3.8) is 0 Å². The molecule has 0 aromatic heterocycles. The fourth-order valence-electron chi connectivity index (χ4n) is 4.27. The summed E-state index contributed by atoms with van der Waals surface area (Å²) in [7, 11) is 0. The summed E-state index contributed by atoms with van der Waals surface area (Å²) in [6, 6.07) is 0. The molecule has 0 saturated heterocycles. The SMILES string of the molecule is O=C(O)CCCCCCCCCCCCCCCCC1(Cl)CCCCC1. The number of alkyl halides is 1. The van der Waals surface area contributed by atoms with Crippen LogP contribution in [0.4, 0.5) is 0 Å². The zero-order chi connectivity index (χ0) is 18.9. The summed E-state index contributed by atoms with van der Waals surface area (Å²) in [4.78, 5) is 10.6. The lowest BCUT2D eigenvalue weighted by molar-refractivity contribution is -0.137. The average molecular weight is 387 g/mol. The Hall–Kier alpha value is -0.240. The van der Waals surface area contributed by atoms with E-state index in [0.29, 0.717) is 6.42 Å². The number of unbranched alkanes of at least 4 members (excludes halogenated alkanes) is 13. The van der Waals surface area contributed by atoms with Gasteiger partial charge in [-0.25, -0.2) is 0 Å². The Labute approximate surface area is 167 Å². The van der Waals surface area contributed by atoms with E-state index >= 15 is 0 Å². The maximum absolute atomic E-state index is 10.4. The van der Waals surface area contributed by atoms with Crippen LogP contribution in [0.3, 0.4) is 0 Å². The molecule has 0 aliphatic heterocycles. The lowest BCUT2D eigenvalue weighted by Gasteiger charge is -2.31. The average Bonchev–Trinajstić information content (AvgIpc) is 2.61. The third-order valence-corrected chi connectivity index (χ3v) is 6.58. The van der Waals surface area contributed by atoms with Crippen LogP contribution in [0.2, 0.25) is 0 Å². The maximum atomic E-state index is 10.4. The van der Waals surface area contributed by atoms with Gasteiger partial charge < -0.3 is 5.11 Å². The minimum absolute atomic E-state index is 0.161. The van der Waals surface area contributed by atoms with Crippen molar-refractivity contribution >= 4 is 17.6 Å². The molecule has 1 rings (SSSR count). The molecule has 0 unspecified atom stereocenters. The van der Waals surface area contributed by atoms with E-state index in [1.165, 1.54) is 116 Å². The first-order valence-corrected chi connectivity index (χ1v) is 11.9. The van der Waals surface area contributed by atoms with Gasteiger partial charge in [0.1, 0.15) is 0 Å². The van der Waals surface area contributed by atoms with Crippen molar-refractivity contribution in [1.82, 2.24) is 0 Å². The van der Waals surface area contributed by atoms with E-state index in [2.05, 4.69) is 0 Å². The predicted octanol–water partition coefficient (Wildman–Crippen LogP) is 8.25. The first-order valence-electron chi connectivity index (χ1n) is 11.5. The van der Waals surface area contributed by atoms with Gasteiger partial charge in [-0.3, -0.25) is 4.79 Å². The van der Waals surface area contributed by atoms with Gasteiger partial charge in [0.05, 0.1) is 0 Å². The number of carbonyl (C=O) groups is 1. The van der Waals surface area contributed by atoms with E-state index in [-0.39, 0.29) is 4.87 Å². The Morgan fingerprint density at radius 1 is 0.654 bits per heavy atom. The predicted molar refractivity (Wildman–Crippen MR) is 113 cm³/mol. The van der Waals surface area contributed by atoms with Crippen molar-refractivity contribution in [2.75, 3.05) is 0 Å². The Bertz CT molecular complexity index is 337. The number of carboxylic acid groups (broad SMARTS) is 1. The highest BCUT2D eigenvalue weighted by Gasteiger charge is 2.28. The summed E-state index contributed by atoms with van der Waals surface area (Å²) in [6.45, 7) is 0. The molecule has 2 nitrogen and oxygen atoms in total. The molecule has 1 aliphatic carbocycles. The van der Waals surface area contributed by atoms with Crippen LogP contribution in [0, 0.1) is 0 Å². The van der Waals surface area contributed by atoms with Gasteiger partial charge in [0, 0.05) is 11.3 Å². The summed E-state index contributed by atoms with van der Waals surface area (Å²) >= 11 is 6.72. The highest BCUT2D eigenvalue weighted by molar-refractivity contribution is 6.23. The molecule has 0 heterocycles. The molecule has 0 bridgehead atoms. The molecule has 1 N–H and O–H groups in total. The highest BCUT2D eigenvalue weighted by atomic mass is 35.5. The van der Waals surface area contributed by atoms with Crippen LogP contribution in [0.25, 0.3) is 0 Å². The number of carboxylic acids is 1. The normalized spacial score (nSPS) is 16.7. The molecule has 0 amide bonds. The smallest absolute Gasteiger partial charge is 0.303 e. The molecule has 0 atom stereocenters. The zero-order valence-corrected chi connectivity index (χ0v) is 17.8. The molecule has 26 heavy (non-hydrogen) atoms. The Balaban J connectivity index is 1.72. The minimum Gasteiger partial charge on any atom is -0.481 e. The van der Waals surface area contributed by atoms with Gasteiger partial charge in [-0.1, -0.05) is 103 Å². The summed E-state index contributed by atoms with van der Waals surface area (Å²) in [5.74, 6) is -0.655. The number of hydrogen-bond donors (Lipinski definition) is 1. The molecule has 0 spiro atoms. The zero-order valence-electron chi connectivity index (χ0n) is 17.1. The van der Waals surface area contributed by atoms with Gasteiger partial charge in [0.2, 0.25) is 0 Å². The van der Waals surface area contributed by atoms with Crippen LogP contribution < -0.4 is 0 Å². The van der Waals surface area contributed by atoms with Gasteiger partial charge in [0.15, 0.2) is 0 Å². The van der Waals surface area contributed by atoms with E-state index in [1.807, 2.05) is 0 Å². The second-order valence-electron chi connectivity index (χ2n) is 8.56. The number of rotatable bonds is 17. The van der Waals surface area contributed by atoms with Crippen molar-refractivity contribution in [3.05, 3.63) is 0 Å². The van der Waals surface area contributed by atoms with Gasteiger partial charge in [-0.15, -0.1) is 11.6 Å². The topological polar surface area (TPSA) is 37.3 Å². The number of halogens is 1. The van der Waals surface area contributed by atoms with E-state index in [1.54, 1.807) is 0 Å². The lowest BCUT2D eigenvalue weighted by atomic mass is 9.84. The molecular formula is C23H43ClO2. The minimum atomic E-state index is -0.655. The molecule has 154 valence electrons. The van der Waals surface area contributed by atoms with E-state index in [0.717, 1.165) is 12.8 Å². The van der Waals surface area contributed by atoms with Crippen LogP contribution in [-0.2, 0) is 4.79 Å². The van der Waals surface area contributed by atoms with Gasteiger partial charge in [0.25, 0.3) is 0 Å². The Morgan fingerprint density at radius 2 is 1.04 bits per heavy atom. The van der Waals surface area contributed by atoms with Crippen molar-refractivity contribution in [1.29, 1.82) is 0 Å². The van der Waals surface area contributed by atoms with Crippen molar-refractivity contribution in [2.45, 2.75) is 140 Å². The third kappa shape index (κ3) is 13.9. The third-order valence-electron chi connectivity index (χ3n) is 6.02. The molecular weight excluding hydrogens is 344 g/mol. The highest BCUT2D eigenvalue weighted by Crippen LogP contribution is 2.38. The van der Waals surface area contributed by atoms with E-state index in [9.17, 15) is 4.79 Å². The summed E-state index contributed by atoms with van der Waals surface area (Å²) in [6.07, 6.45) is 26.3. The largest absolute Gasteiger partial charge is 0.481 e. The monoisotopic (exact) mass is 386 g/mol. The van der Waals surface area contributed by atoms with E-state index < -0.39 is 5.97 Å². The van der Waals surface area contributed by atoms with Gasteiger partial charge in [-0.05, 0) is 25.7 Å². The van der Waals surface area contributed by atoms with E-state index in [4.69, 9.17) is 16.7 Å². The fourth-order valence-corrected chi connectivity index (χ4v) is 4.68. The molecule has 1 fully saturated rings. The summed E-state index contributed by atoms with van der Waals surface area (Å²) < 4.78 is 0. The number of aliphatic carboxylic acids is 1. The van der Waals surface area contributed by atoms with Gasteiger partial charge >= 0.3 is 5.97 Å². The van der Waals surface area contributed by atoms with Gasteiger partial charge in [-0.2, -0.15) is 0 Å².